The first-order valence-electron chi connectivity index (χ1n) is 13.7. The van der Waals surface area contributed by atoms with Crippen molar-refractivity contribution in [2.45, 2.75) is 32.2 Å². The SMILES string of the molecule is CC1N=C(c2nc3c(-c4cccs4)cccc3[nH]2)c2nc(-c3cncc(NC(=O)CC4CCNCC4)c3)ccc21. The van der Waals surface area contributed by atoms with Crippen molar-refractivity contribution in [1.82, 2.24) is 25.3 Å². The molecule has 1 saturated heterocycles. The van der Waals surface area contributed by atoms with Crippen LogP contribution in [0.15, 0.2) is 71.3 Å². The van der Waals surface area contributed by atoms with Crippen LogP contribution in [-0.4, -0.2) is 44.6 Å². The normalized spacial score (nSPS) is 17.1. The highest BCUT2D eigenvalue weighted by Crippen LogP contribution is 2.35. The van der Waals surface area contributed by atoms with Gasteiger partial charge in [-0.25, -0.2) is 9.97 Å². The molecule has 6 heterocycles. The van der Waals surface area contributed by atoms with E-state index in [9.17, 15) is 4.79 Å². The number of carbonyl (C=O) groups is 1. The van der Waals surface area contributed by atoms with Crippen molar-refractivity contribution >= 4 is 39.7 Å². The molecule has 2 aliphatic heterocycles. The smallest absolute Gasteiger partial charge is 0.224 e. The Morgan fingerprint density at radius 3 is 2.83 bits per heavy atom. The molecular weight excluding hydrogens is 518 g/mol. The summed E-state index contributed by atoms with van der Waals surface area (Å²) >= 11 is 1.70. The van der Waals surface area contributed by atoms with Gasteiger partial charge in [0.1, 0.15) is 5.71 Å². The lowest BCUT2D eigenvalue weighted by atomic mass is 9.94. The molecule has 1 fully saturated rings. The van der Waals surface area contributed by atoms with E-state index in [1.54, 1.807) is 23.7 Å². The quantitative estimate of drug-likeness (QED) is 0.242. The number of hydrogen-bond donors (Lipinski definition) is 3. The van der Waals surface area contributed by atoms with Crippen LogP contribution < -0.4 is 10.6 Å². The van der Waals surface area contributed by atoms with Gasteiger partial charge in [-0.05, 0) is 68.4 Å². The number of H-pyrrole nitrogens is 1. The Morgan fingerprint density at radius 2 is 1.98 bits per heavy atom. The molecule has 0 aliphatic carbocycles. The van der Waals surface area contributed by atoms with Gasteiger partial charge in [0.05, 0.1) is 40.3 Å². The molecule has 200 valence electrons. The molecule has 2 aliphatic rings. The predicted molar refractivity (Wildman–Crippen MR) is 160 cm³/mol. The number of amides is 1. The average molecular weight is 548 g/mol. The fraction of sp³-hybridized carbons (Fsp3) is 0.258. The molecule has 4 aromatic heterocycles. The van der Waals surface area contributed by atoms with Gasteiger partial charge in [0, 0.05) is 34.2 Å². The number of thiophene rings is 1. The van der Waals surface area contributed by atoms with E-state index in [4.69, 9.17) is 15.0 Å². The molecule has 0 spiro atoms. The number of pyridine rings is 2. The minimum atomic E-state index is -0.0183. The number of carbonyl (C=O) groups excluding carboxylic acids is 1. The number of piperidine rings is 1. The summed E-state index contributed by atoms with van der Waals surface area (Å²) in [6.07, 6.45) is 6.07. The molecule has 7 rings (SSSR count). The second-order valence-corrected chi connectivity index (χ2v) is 11.4. The second kappa shape index (κ2) is 10.4. The van der Waals surface area contributed by atoms with Crippen LogP contribution in [0.4, 0.5) is 5.69 Å². The fourth-order valence-electron chi connectivity index (χ4n) is 5.64. The molecule has 9 heteroatoms. The molecule has 0 saturated carbocycles. The van der Waals surface area contributed by atoms with Gasteiger partial charge in [0.2, 0.25) is 5.91 Å². The Morgan fingerprint density at radius 1 is 1.07 bits per heavy atom. The molecule has 1 unspecified atom stereocenters. The molecule has 40 heavy (non-hydrogen) atoms. The van der Waals surface area contributed by atoms with E-state index in [-0.39, 0.29) is 11.9 Å². The monoisotopic (exact) mass is 547 g/mol. The highest BCUT2D eigenvalue weighted by molar-refractivity contribution is 7.13. The molecule has 0 bridgehead atoms. The van der Waals surface area contributed by atoms with Crippen LogP contribution in [0.1, 0.15) is 49.3 Å². The molecule has 0 radical (unpaired) electrons. The van der Waals surface area contributed by atoms with Gasteiger partial charge >= 0.3 is 0 Å². The van der Waals surface area contributed by atoms with Crippen molar-refractivity contribution in [3.63, 3.8) is 0 Å². The van der Waals surface area contributed by atoms with E-state index in [1.165, 1.54) is 4.88 Å². The minimum Gasteiger partial charge on any atom is -0.337 e. The molecule has 5 aromatic rings. The first-order chi connectivity index (χ1) is 19.6. The number of anilines is 1. The number of para-hydroxylation sites is 1. The van der Waals surface area contributed by atoms with Crippen molar-refractivity contribution < 1.29 is 4.79 Å². The van der Waals surface area contributed by atoms with E-state index >= 15 is 0 Å². The van der Waals surface area contributed by atoms with E-state index in [1.807, 2.05) is 24.3 Å². The van der Waals surface area contributed by atoms with E-state index < -0.39 is 0 Å². The van der Waals surface area contributed by atoms with Crippen molar-refractivity contribution in [3.05, 3.63) is 83.4 Å². The number of aliphatic imine (C=N–C) groups is 1. The van der Waals surface area contributed by atoms with Crippen LogP contribution in [0.5, 0.6) is 0 Å². The first-order valence-corrected chi connectivity index (χ1v) is 14.6. The van der Waals surface area contributed by atoms with Crippen LogP contribution in [0.25, 0.3) is 32.7 Å². The summed E-state index contributed by atoms with van der Waals surface area (Å²) in [4.78, 5) is 36.7. The number of fused-ring (bicyclic) bond motifs is 2. The zero-order chi connectivity index (χ0) is 27.1. The number of imidazole rings is 1. The molecular formula is C31H29N7OS. The van der Waals surface area contributed by atoms with Crippen LogP contribution in [0, 0.1) is 5.92 Å². The van der Waals surface area contributed by atoms with Crippen molar-refractivity contribution in [2.75, 3.05) is 18.4 Å². The van der Waals surface area contributed by atoms with Gasteiger partial charge < -0.3 is 15.6 Å². The Kier molecular flexibility index (Phi) is 6.45. The standard InChI is InChI=1S/C31H29N7OS/c1-18-22-7-8-24(20-15-21(17-33-16-20)35-27(39)14-19-9-11-32-12-10-19)36-29(22)30(34-18)31-37-25-5-2-4-23(28(25)38-31)26-6-3-13-40-26/h2-8,13,15-19,32H,9-12,14H2,1H3,(H,35,39)(H,37,38). The number of nitrogens with zero attached hydrogens (tertiary/aromatic N) is 4. The Hall–Kier alpha value is -4.21. The summed E-state index contributed by atoms with van der Waals surface area (Å²) in [7, 11) is 0. The maximum atomic E-state index is 12.7. The number of rotatable bonds is 6. The summed E-state index contributed by atoms with van der Waals surface area (Å²) in [6, 6.07) is 16.4. The number of nitrogens with one attached hydrogen (secondary N) is 3. The van der Waals surface area contributed by atoms with E-state index in [0.717, 1.165) is 70.8 Å². The fourth-order valence-corrected chi connectivity index (χ4v) is 6.39. The summed E-state index contributed by atoms with van der Waals surface area (Å²) in [6.45, 7) is 4.03. The van der Waals surface area contributed by atoms with Gasteiger partial charge in [0.15, 0.2) is 5.82 Å². The summed E-state index contributed by atoms with van der Waals surface area (Å²) in [5.41, 5.74) is 7.95. The summed E-state index contributed by atoms with van der Waals surface area (Å²) in [5, 5.41) is 8.47. The van der Waals surface area contributed by atoms with E-state index in [0.29, 0.717) is 23.9 Å². The Bertz CT molecular complexity index is 1730. The Balaban J connectivity index is 1.17. The minimum absolute atomic E-state index is 0.0183. The first kappa shape index (κ1) is 24.8. The van der Waals surface area contributed by atoms with Gasteiger partial charge in [-0.15, -0.1) is 11.3 Å². The Labute approximate surface area is 236 Å². The summed E-state index contributed by atoms with van der Waals surface area (Å²) < 4.78 is 0. The van der Waals surface area contributed by atoms with Gasteiger partial charge in [0.25, 0.3) is 0 Å². The van der Waals surface area contributed by atoms with Crippen LogP contribution in [0.3, 0.4) is 0 Å². The van der Waals surface area contributed by atoms with Crippen LogP contribution in [0.2, 0.25) is 0 Å². The van der Waals surface area contributed by atoms with Gasteiger partial charge in [-0.1, -0.05) is 24.3 Å². The van der Waals surface area contributed by atoms with Gasteiger partial charge in [-0.3, -0.25) is 14.8 Å². The van der Waals surface area contributed by atoms with E-state index in [2.05, 4.69) is 57.2 Å². The zero-order valence-electron chi connectivity index (χ0n) is 22.1. The van der Waals surface area contributed by atoms with Crippen molar-refractivity contribution in [2.24, 2.45) is 10.9 Å². The molecule has 1 atom stereocenters. The van der Waals surface area contributed by atoms with Crippen molar-refractivity contribution in [1.29, 1.82) is 0 Å². The largest absolute Gasteiger partial charge is 0.337 e. The lowest BCUT2D eigenvalue weighted by Gasteiger charge is -2.21. The molecule has 8 nitrogen and oxygen atoms in total. The lowest BCUT2D eigenvalue weighted by molar-refractivity contribution is -0.117. The van der Waals surface area contributed by atoms with Gasteiger partial charge in [-0.2, -0.15) is 0 Å². The zero-order valence-corrected chi connectivity index (χ0v) is 23.0. The lowest BCUT2D eigenvalue weighted by Crippen LogP contribution is -2.30. The topological polar surface area (TPSA) is 108 Å². The second-order valence-electron chi connectivity index (χ2n) is 10.5. The van der Waals surface area contributed by atoms with Crippen LogP contribution >= 0.6 is 11.3 Å². The highest BCUT2D eigenvalue weighted by Gasteiger charge is 2.28. The molecule has 1 amide bonds. The summed E-state index contributed by atoms with van der Waals surface area (Å²) in [5.74, 6) is 1.17. The number of aromatic amines is 1. The third-order valence-corrected chi connectivity index (χ3v) is 8.60. The molecule has 3 N–H and O–H groups in total. The predicted octanol–water partition coefficient (Wildman–Crippen LogP) is 5.99. The maximum Gasteiger partial charge on any atom is 0.224 e. The molecule has 1 aromatic carbocycles. The third kappa shape index (κ3) is 4.71. The number of aromatic nitrogens is 4. The maximum absolute atomic E-state index is 12.7. The van der Waals surface area contributed by atoms with Crippen LogP contribution in [-0.2, 0) is 4.79 Å². The average Bonchev–Trinajstić information content (AvgIpc) is 3.72. The van der Waals surface area contributed by atoms with Crippen molar-refractivity contribution in [3.8, 4) is 21.7 Å². The number of hydrogen-bond acceptors (Lipinski definition) is 7. The highest BCUT2D eigenvalue weighted by atomic mass is 32.1. The number of benzene rings is 1. The third-order valence-electron chi connectivity index (χ3n) is 7.70.